The Hall–Kier alpha value is -1.06. The molecule has 1 atom stereocenters. The van der Waals surface area contributed by atoms with Gasteiger partial charge in [-0.05, 0) is 12.8 Å². The molecule has 2 amide bonds. The molecule has 0 aromatic heterocycles. The summed E-state index contributed by atoms with van der Waals surface area (Å²) < 4.78 is 0. The minimum Gasteiger partial charge on any atom is -0.344 e. The summed E-state index contributed by atoms with van der Waals surface area (Å²) in [5.41, 5.74) is 0. The first-order valence-corrected chi connectivity index (χ1v) is 4.35. The summed E-state index contributed by atoms with van der Waals surface area (Å²) in [4.78, 5) is 24.1. The van der Waals surface area contributed by atoms with E-state index in [1.54, 1.807) is 4.90 Å². The number of nitrogens with zero attached hydrogens (tertiary/aromatic N) is 1. The molecule has 0 radical (unpaired) electrons. The van der Waals surface area contributed by atoms with E-state index in [2.05, 4.69) is 5.32 Å². The van der Waals surface area contributed by atoms with Crippen molar-refractivity contribution in [3.05, 3.63) is 0 Å². The molecule has 1 N–H and O–H groups in total. The summed E-state index contributed by atoms with van der Waals surface area (Å²) in [5.74, 6) is 0.112. The van der Waals surface area contributed by atoms with Gasteiger partial charge in [0.25, 0.3) is 0 Å². The molecule has 0 aliphatic carbocycles. The zero-order chi connectivity index (χ0) is 8.55. The fraction of sp³-hybridized carbons (Fsp3) is 0.750. The third-order valence-electron chi connectivity index (χ3n) is 2.46. The van der Waals surface area contributed by atoms with E-state index < -0.39 is 0 Å². The van der Waals surface area contributed by atoms with Crippen LogP contribution in [0.3, 0.4) is 0 Å². The van der Waals surface area contributed by atoms with Crippen molar-refractivity contribution in [3.8, 4) is 0 Å². The number of amides is 2. The molecule has 2 aliphatic heterocycles. The lowest BCUT2D eigenvalue weighted by Gasteiger charge is -2.32. The van der Waals surface area contributed by atoms with Gasteiger partial charge in [-0.1, -0.05) is 0 Å². The molecule has 0 bridgehead atoms. The van der Waals surface area contributed by atoms with Crippen molar-refractivity contribution in [2.75, 3.05) is 13.1 Å². The maximum absolute atomic E-state index is 11.5. The van der Waals surface area contributed by atoms with Crippen LogP contribution in [-0.4, -0.2) is 35.8 Å². The highest BCUT2D eigenvalue weighted by Gasteiger charge is 2.32. The van der Waals surface area contributed by atoms with Crippen molar-refractivity contribution in [3.63, 3.8) is 0 Å². The van der Waals surface area contributed by atoms with Gasteiger partial charge in [0, 0.05) is 19.5 Å². The van der Waals surface area contributed by atoms with Crippen molar-refractivity contribution in [2.24, 2.45) is 0 Å². The smallest absolute Gasteiger partial charge is 0.245 e. The fourth-order valence-corrected chi connectivity index (χ4v) is 1.56. The quantitative estimate of drug-likeness (QED) is 0.573. The molecule has 0 spiro atoms. The highest BCUT2D eigenvalue weighted by Crippen LogP contribution is 2.14. The first kappa shape index (κ1) is 7.58. The Morgan fingerprint density at radius 3 is 2.67 bits per heavy atom. The monoisotopic (exact) mass is 168 g/mol. The van der Waals surface area contributed by atoms with E-state index in [4.69, 9.17) is 0 Å². The van der Waals surface area contributed by atoms with Crippen molar-refractivity contribution in [1.29, 1.82) is 0 Å². The summed E-state index contributed by atoms with van der Waals surface area (Å²) in [6, 6.07) is -0.224. The molecule has 12 heavy (non-hydrogen) atoms. The van der Waals surface area contributed by atoms with Crippen LogP contribution < -0.4 is 5.32 Å². The van der Waals surface area contributed by atoms with Crippen LogP contribution >= 0.6 is 0 Å². The molecule has 0 aromatic rings. The Morgan fingerprint density at radius 1 is 1.50 bits per heavy atom. The van der Waals surface area contributed by atoms with Gasteiger partial charge in [0.1, 0.15) is 6.04 Å². The maximum atomic E-state index is 11.5. The number of nitrogens with one attached hydrogen (secondary N) is 1. The molecule has 2 saturated heterocycles. The lowest BCUT2D eigenvalue weighted by atomic mass is 10.1. The van der Waals surface area contributed by atoms with E-state index in [0.717, 1.165) is 19.5 Å². The average molecular weight is 168 g/mol. The fourth-order valence-electron chi connectivity index (χ4n) is 1.56. The summed E-state index contributed by atoms with van der Waals surface area (Å²) >= 11 is 0. The highest BCUT2D eigenvalue weighted by atomic mass is 16.2. The van der Waals surface area contributed by atoms with Crippen LogP contribution in [0.25, 0.3) is 0 Å². The van der Waals surface area contributed by atoms with Crippen molar-refractivity contribution in [1.82, 2.24) is 10.2 Å². The Kier molecular flexibility index (Phi) is 1.75. The molecule has 0 saturated carbocycles. The van der Waals surface area contributed by atoms with Crippen LogP contribution in [-0.2, 0) is 9.59 Å². The molecule has 4 heteroatoms. The average Bonchev–Trinajstić information content (AvgIpc) is 2.31. The van der Waals surface area contributed by atoms with Crippen molar-refractivity contribution < 1.29 is 9.59 Å². The van der Waals surface area contributed by atoms with Gasteiger partial charge in [-0.3, -0.25) is 9.59 Å². The number of hydrogen-bond donors (Lipinski definition) is 1. The second-order valence-electron chi connectivity index (χ2n) is 3.34. The number of carbonyl (C=O) groups is 2. The van der Waals surface area contributed by atoms with E-state index in [0.29, 0.717) is 12.8 Å². The molecule has 2 heterocycles. The minimum atomic E-state index is -0.224. The number of hydrogen-bond acceptors (Lipinski definition) is 2. The SMILES string of the molecule is O=C1CC[C@@H](C(=O)N2CCC2)N1. The zero-order valence-corrected chi connectivity index (χ0v) is 6.88. The Labute approximate surface area is 70.9 Å². The predicted molar refractivity (Wildman–Crippen MR) is 42.4 cm³/mol. The third-order valence-corrected chi connectivity index (χ3v) is 2.46. The molecule has 0 aromatic carbocycles. The van der Waals surface area contributed by atoms with Crippen molar-refractivity contribution >= 4 is 11.8 Å². The highest BCUT2D eigenvalue weighted by molar-refractivity contribution is 5.91. The van der Waals surface area contributed by atoms with E-state index in [-0.39, 0.29) is 17.9 Å². The normalized spacial score (nSPS) is 28.2. The first-order chi connectivity index (χ1) is 5.77. The molecule has 0 unspecified atom stereocenters. The molecule has 66 valence electrons. The Morgan fingerprint density at radius 2 is 2.25 bits per heavy atom. The topological polar surface area (TPSA) is 49.4 Å². The third kappa shape index (κ3) is 1.17. The second-order valence-corrected chi connectivity index (χ2v) is 3.34. The van der Waals surface area contributed by atoms with Gasteiger partial charge in [0.2, 0.25) is 11.8 Å². The van der Waals surface area contributed by atoms with Gasteiger partial charge in [-0.2, -0.15) is 0 Å². The van der Waals surface area contributed by atoms with Crippen LogP contribution in [0.4, 0.5) is 0 Å². The van der Waals surface area contributed by atoms with E-state index in [9.17, 15) is 9.59 Å². The lowest BCUT2D eigenvalue weighted by Crippen LogP contribution is -2.50. The van der Waals surface area contributed by atoms with Crippen LogP contribution in [0.1, 0.15) is 19.3 Å². The summed E-state index contributed by atoms with van der Waals surface area (Å²) in [7, 11) is 0. The van der Waals surface area contributed by atoms with Crippen LogP contribution in [0.2, 0.25) is 0 Å². The zero-order valence-electron chi connectivity index (χ0n) is 6.88. The molecular formula is C8H12N2O2. The molecule has 2 fully saturated rings. The minimum absolute atomic E-state index is 0.00822. The first-order valence-electron chi connectivity index (χ1n) is 4.35. The molecule has 2 rings (SSSR count). The van der Waals surface area contributed by atoms with Gasteiger partial charge >= 0.3 is 0 Å². The van der Waals surface area contributed by atoms with Crippen molar-refractivity contribution in [2.45, 2.75) is 25.3 Å². The lowest BCUT2D eigenvalue weighted by molar-refractivity contribution is -0.137. The summed E-state index contributed by atoms with van der Waals surface area (Å²) in [6.07, 6.45) is 2.28. The van der Waals surface area contributed by atoms with Crippen LogP contribution in [0.15, 0.2) is 0 Å². The van der Waals surface area contributed by atoms with E-state index in [1.165, 1.54) is 0 Å². The number of carbonyl (C=O) groups excluding carboxylic acids is 2. The predicted octanol–water partition coefficient (Wildman–Crippen LogP) is -0.503. The van der Waals surface area contributed by atoms with E-state index >= 15 is 0 Å². The Bertz CT molecular complexity index is 223. The number of likely N-dealkylation sites (tertiary alicyclic amines) is 1. The Balaban J connectivity index is 1.91. The molecular weight excluding hydrogens is 156 g/mol. The maximum Gasteiger partial charge on any atom is 0.245 e. The standard InChI is InChI=1S/C8H12N2O2/c11-7-3-2-6(9-7)8(12)10-4-1-5-10/h6H,1-5H2,(H,9,11)/t6-/m0/s1. The van der Waals surface area contributed by atoms with Crippen LogP contribution in [0, 0.1) is 0 Å². The van der Waals surface area contributed by atoms with Gasteiger partial charge in [0.15, 0.2) is 0 Å². The van der Waals surface area contributed by atoms with Gasteiger partial charge in [-0.25, -0.2) is 0 Å². The van der Waals surface area contributed by atoms with Crippen LogP contribution in [0.5, 0.6) is 0 Å². The summed E-state index contributed by atoms with van der Waals surface area (Å²) in [6.45, 7) is 1.73. The van der Waals surface area contributed by atoms with E-state index in [1.807, 2.05) is 0 Å². The van der Waals surface area contributed by atoms with Gasteiger partial charge in [-0.15, -0.1) is 0 Å². The van der Waals surface area contributed by atoms with Gasteiger partial charge < -0.3 is 10.2 Å². The summed E-state index contributed by atoms with van der Waals surface area (Å²) in [5, 5.41) is 2.67. The molecule has 2 aliphatic rings. The number of rotatable bonds is 1. The van der Waals surface area contributed by atoms with Gasteiger partial charge in [0.05, 0.1) is 0 Å². The molecule has 4 nitrogen and oxygen atoms in total. The largest absolute Gasteiger partial charge is 0.344 e. The second kappa shape index (κ2) is 2.77.